The van der Waals surface area contributed by atoms with Gasteiger partial charge in [0.15, 0.2) is 0 Å². The second kappa shape index (κ2) is 6.35. The lowest BCUT2D eigenvalue weighted by atomic mass is 10.1. The van der Waals surface area contributed by atoms with Gasteiger partial charge in [-0.25, -0.2) is 4.98 Å². The maximum atomic E-state index is 12.1. The fourth-order valence-electron chi connectivity index (χ4n) is 3.28. The topological polar surface area (TPSA) is 61.0 Å². The van der Waals surface area contributed by atoms with Crippen LogP contribution in [0.2, 0.25) is 0 Å². The number of aromatic amines is 1. The van der Waals surface area contributed by atoms with E-state index >= 15 is 0 Å². The summed E-state index contributed by atoms with van der Waals surface area (Å²) >= 11 is 0. The van der Waals surface area contributed by atoms with Crippen molar-refractivity contribution in [1.29, 1.82) is 0 Å². The van der Waals surface area contributed by atoms with Gasteiger partial charge in [-0.3, -0.25) is 9.78 Å². The molecule has 1 aliphatic rings. The molecule has 0 saturated carbocycles. The molecule has 1 aromatic heterocycles. The van der Waals surface area contributed by atoms with Crippen LogP contribution >= 0.6 is 0 Å². The summed E-state index contributed by atoms with van der Waals surface area (Å²) in [5, 5.41) is 3.92. The maximum Gasteiger partial charge on any atom is 0.260 e. The first kappa shape index (κ1) is 14.8. The number of benzene rings is 2. The lowest BCUT2D eigenvalue weighted by Crippen LogP contribution is -2.23. The number of H-pyrrole nitrogens is 1. The Morgan fingerprint density at radius 3 is 2.79 bits per heavy atom. The Morgan fingerprint density at radius 1 is 1.12 bits per heavy atom. The molecule has 24 heavy (non-hydrogen) atoms. The summed E-state index contributed by atoms with van der Waals surface area (Å²) in [5.41, 5.74) is 1.90. The van der Waals surface area contributed by atoms with Crippen LogP contribution in [-0.4, -0.2) is 29.6 Å². The van der Waals surface area contributed by atoms with Gasteiger partial charge in [0.2, 0.25) is 5.95 Å². The fourth-order valence-corrected chi connectivity index (χ4v) is 3.28. The average molecular weight is 320 g/mol. The zero-order valence-electron chi connectivity index (χ0n) is 13.4. The van der Waals surface area contributed by atoms with Crippen LogP contribution in [-0.2, 0) is 0 Å². The number of aromatic nitrogens is 2. The van der Waals surface area contributed by atoms with E-state index in [0.29, 0.717) is 17.3 Å². The summed E-state index contributed by atoms with van der Waals surface area (Å²) in [6, 6.07) is 17.9. The van der Waals surface area contributed by atoms with Gasteiger partial charge in [0.25, 0.3) is 5.56 Å². The van der Waals surface area contributed by atoms with E-state index in [1.807, 2.05) is 24.3 Å². The van der Waals surface area contributed by atoms with E-state index < -0.39 is 0 Å². The molecule has 1 aliphatic heterocycles. The lowest BCUT2D eigenvalue weighted by Gasteiger charge is -2.18. The van der Waals surface area contributed by atoms with E-state index in [1.165, 1.54) is 5.69 Å². The molecule has 1 saturated heterocycles. The molecule has 0 amide bonds. The molecular formula is C19H20N4O. The Hall–Kier alpha value is -2.82. The highest BCUT2D eigenvalue weighted by molar-refractivity contribution is 5.78. The molecule has 5 nitrogen and oxygen atoms in total. The molecule has 1 fully saturated rings. The van der Waals surface area contributed by atoms with Crippen LogP contribution in [0.4, 0.5) is 11.6 Å². The summed E-state index contributed by atoms with van der Waals surface area (Å²) in [6.45, 7) is 2.90. The van der Waals surface area contributed by atoms with Gasteiger partial charge in [0.1, 0.15) is 0 Å². The van der Waals surface area contributed by atoms with E-state index in [1.54, 1.807) is 6.07 Å². The summed E-state index contributed by atoms with van der Waals surface area (Å²) in [5.74, 6) is 1.10. The molecule has 2 N–H and O–H groups in total. The van der Waals surface area contributed by atoms with Crippen molar-refractivity contribution in [2.75, 3.05) is 29.9 Å². The van der Waals surface area contributed by atoms with Gasteiger partial charge in [-0.05, 0) is 36.6 Å². The third kappa shape index (κ3) is 2.97. The molecule has 2 aromatic carbocycles. The van der Waals surface area contributed by atoms with Gasteiger partial charge in [0.05, 0.1) is 10.9 Å². The molecule has 0 radical (unpaired) electrons. The van der Waals surface area contributed by atoms with Crippen molar-refractivity contribution in [2.24, 2.45) is 5.92 Å². The minimum atomic E-state index is -0.0968. The monoisotopic (exact) mass is 320 g/mol. The number of hydrogen-bond acceptors (Lipinski definition) is 4. The van der Waals surface area contributed by atoms with Crippen molar-refractivity contribution < 1.29 is 0 Å². The highest BCUT2D eigenvalue weighted by Crippen LogP contribution is 2.23. The Balaban J connectivity index is 1.42. The molecule has 5 heteroatoms. The minimum absolute atomic E-state index is 0.0968. The summed E-state index contributed by atoms with van der Waals surface area (Å²) in [4.78, 5) is 21.8. The molecule has 1 atom stereocenters. The maximum absolute atomic E-state index is 12.1. The molecule has 122 valence electrons. The van der Waals surface area contributed by atoms with Crippen LogP contribution < -0.4 is 15.8 Å². The standard InChI is InChI=1S/C19H20N4O/c24-18-16-8-4-5-9-17(16)21-19(22-18)20-12-14-10-11-23(13-14)15-6-2-1-3-7-15/h1-9,14H,10-13H2,(H2,20,21,22,24)/t14-/m0/s1. The number of nitrogens with zero attached hydrogens (tertiary/aromatic N) is 2. The summed E-state index contributed by atoms with van der Waals surface area (Å²) in [7, 11) is 0. The van der Waals surface area contributed by atoms with Crippen LogP contribution in [0.25, 0.3) is 10.9 Å². The first-order valence-corrected chi connectivity index (χ1v) is 8.32. The number of fused-ring (bicyclic) bond motifs is 1. The summed E-state index contributed by atoms with van der Waals surface area (Å²) in [6.07, 6.45) is 1.14. The quantitative estimate of drug-likeness (QED) is 0.776. The predicted molar refractivity (Wildman–Crippen MR) is 97.6 cm³/mol. The smallest absolute Gasteiger partial charge is 0.260 e. The van der Waals surface area contributed by atoms with Crippen molar-refractivity contribution in [3.63, 3.8) is 0 Å². The number of anilines is 2. The van der Waals surface area contributed by atoms with E-state index in [2.05, 4.69) is 44.5 Å². The largest absolute Gasteiger partial charge is 0.371 e. The third-order valence-corrected chi connectivity index (χ3v) is 4.58. The van der Waals surface area contributed by atoms with Gasteiger partial charge < -0.3 is 10.2 Å². The average Bonchev–Trinajstić information content (AvgIpc) is 3.10. The van der Waals surface area contributed by atoms with Crippen LogP contribution in [0.1, 0.15) is 6.42 Å². The van der Waals surface area contributed by atoms with Crippen molar-refractivity contribution in [1.82, 2.24) is 9.97 Å². The Kier molecular flexibility index (Phi) is 3.91. The van der Waals surface area contributed by atoms with E-state index in [4.69, 9.17) is 0 Å². The van der Waals surface area contributed by atoms with E-state index in [0.717, 1.165) is 31.6 Å². The van der Waals surface area contributed by atoms with E-state index in [9.17, 15) is 4.79 Å². The number of nitrogens with one attached hydrogen (secondary N) is 2. The lowest BCUT2D eigenvalue weighted by molar-refractivity contribution is 0.620. The molecule has 0 bridgehead atoms. The fraction of sp³-hybridized carbons (Fsp3) is 0.263. The molecular weight excluding hydrogens is 300 g/mol. The normalized spacial score (nSPS) is 17.3. The van der Waals surface area contributed by atoms with Crippen molar-refractivity contribution in [2.45, 2.75) is 6.42 Å². The van der Waals surface area contributed by atoms with Gasteiger partial charge in [-0.1, -0.05) is 30.3 Å². The van der Waals surface area contributed by atoms with Crippen molar-refractivity contribution in [3.8, 4) is 0 Å². The molecule has 0 spiro atoms. The molecule has 0 aliphatic carbocycles. The zero-order chi connectivity index (χ0) is 16.4. The highest BCUT2D eigenvalue weighted by Gasteiger charge is 2.22. The number of hydrogen-bond donors (Lipinski definition) is 2. The van der Waals surface area contributed by atoms with Gasteiger partial charge >= 0.3 is 0 Å². The Labute approximate surface area is 140 Å². The summed E-state index contributed by atoms with van der Waals surface area (Å²) < 4.78 is 0. The van der Waals surface area contributed by atoms with Crippen LogP contribution in [0.5, 0.6) is 0 Å². The zero-order valence-corrected chi connectivity index (χ0v) is 13.4. The third-order valence-electron chi connectivity index (χ3n) is 4.58. The Morgan fingerprint density at radius 2 is 1.92 bits per heavy atom. The van der Waals surface area contributed by atoms with E-state index in [-0.39, 0.29) is 5.56 Å². The highest BCUT2D eigenvalue weighted by atomic mass is 16.1. The number of rotatable bonds is 4. The minimum Gasteiger partial charge on any atom is -0.371 e. The first-order valence-electron chi connectivity index (χ1n) is 8.32. The van der Waals surface area contributed by atoms with Gasteiger partial charge in [-0.2, -0.15) is 0 Å². The van der Waals surface area contributed by atoms with Crippen LogP contribution in [0, 0.1) is 5.92 Å². The molecule has 2 heterocycles. The van der Waals surface area contributed by atoms with Crippen LogP contribution in [0.15, 0.2) is 59.4 Å². The second-order valence-corrected chi connectivity index (χ2v) is 6.25. The molecule has 0 unspecified atom stereocenters. The molecule has 3 aromatic rings. The number of para-hydroxylation sites is 2. The van der Waals surface area contributed by atoms with Gasteiger partial charge in [-0.15, -0.1) is 0 Å². The van der Waals surface area contributed by atoms with Gasteiger partial charge in [0, 0.05) is 25.3 Å². The first-order chi connectivity index (χ1) is 11.8. The second-order valence-electron chi connectivity index (χ2n) is 6.25. The Bertz CT molecular complexity index is 891. The SMILES string of the molecule is O=c1[nH]c(NC[C@@H]2CCN(c3ccccc3)C2)nc2ccccc12. The van der Waals surface area contributed by atoms with Crippen LogP contribution in [0.3, 0.4) is 0 Å². The van der Waals surface area contributed by atoms with Crippen molar-refractivity contribution >= 4 is 22.5 Å². The predicted octanol–water partition coefficient (Wildman–Crippen LogP) is 2.86. The van der Waals surface area contributed by atoms with Crippen molar-refractivity contribution in [3.05, 3.63) is 65.0 Å². The molecule has 4 rings (SSSR count).